The number of carbonyl (C=O) groups is 1. The van der Waals surface area contributed by atoms with Gasteiger partial charge in [0.2, 0.25) is 11.9 Å². The molecule has 0 bridgehead atoms. The molecule has 1 amide bonds. The van der Waals surface area contributed by atoms with E-state index in [2.05, 4.69) is 56.4 Å². The Labute approximate surface area is 199 Å². The molecule has 2 unspecified atom stereocenters. The van der Waals surface area contributed by atoms with Gasteiger partial charge in [0, 0.05) is 37.0 Å². The summed E-state index contributed by atoms with van der Waals surface area (Å²) in [6.45, 7) is 6.40. The highest BCUT2D eigenvalue weighted by atomic mass is 16.2. The molecule has 1 aliphatic carbocycles. The quantitative estimate of drug-likeness (QED) is 0.448. The highest BCUT2D eigenvalue weighted by Crippen LogP contribution is 2.41. The second-order valence-corrected chi connectivity index (χ2v) is 9.62. The minimum atomic E-state index is -0.0972. The molecular formula is C27H30N6O. The van der Waals surface area contributed by atoms with Crippen LogP contribution in [-0.4, -0.2) is 56.1 Å². The molecule has 1 saturated carbocycles. The second kappa shape index (κ2) is 8.38. The van der Waals surface area contributed by atoms with Crippen LogP contribution in [0.2, 0.25) is 0 Å². The molecule has 0 N–H and O–H groups in total. The standard InChI is InChI=1S/C27H30N6O/c1-3-21(19-9-5-4-6-10-19)26(34)32-16-15-31(17-18(32)2)27-28-23-12-8-7-11-22(23)25-30-29-24(33(25)27)20-13-14-20/h4-12,18,20-21H,3,13-17H2,1-2H3. The first-order valence-electron chi connectivity index (χ1n) is 12.4. The molecule has 7 nitrogen and oxygen atoms in total. The Morgan fingerprint density at radius 2 is 1.79 bits per heavy atom. The molecule has 2 aliphatic rings. The van der Waals surface area contributed by atoms with Crippen molar-refractivity contribution in [2.75, 3.05) is 24.5 Å². The van der Waals surface area contributed by atoms with E-state index in [1.54, 1.807) is 0 Å². The molecule has 34 heavy (non-hydrogen) atoms. The number of benzene rings is 2. The van der Waals surface area contributed by atoms with Gasteiger partial charge in [0.25, 0.3) is 0 Å². The summed E-state index contributed by atoms with van der Waals surface area (Å²) in [6.07, 6.45) is 3.11. The number of nitrogens with zero attached hydrogens (tertiary/aromatic N) is 6. The zero-order valence-corrected chi connectivity index (χ0v) is 19.8. The first kappa shape index (κ1) is 21.1. The van der Waals surface area contributed by atoms with E-state index in [0.717, 1.165) is 66.2 Å². The minimum absolute atomic E-state index is 0.0863. The summed E-state index contributed by atoms with van der Waals surface area (Å²) < 4.78 is 2.17. The molecule has 2 aromatic carbocycles. The molecule has 174 valence electrons. The molecule has 0 spiro atoms. The van der Waals surface area contributed by atoms with Crippen LogP contribution in [0.5, 0.6) is 0 Å². The molecule has 7 heteroatoms. The van der Waals surface area contributed by atoms with Crippen molar-refractivity contribution in [2.45, 2.75) is 51.0 Å². The zero-order valence-electron chi connectivity index (χ0n) is 19.8. The first-order chi connectivity index (χ1) is 16.7. The fraction of sp³-hybridized carbons (Fsp3) is 0.407. The van der Waals surface area contributed by atoms with Crippen LogP contribution in [0.15, 0.2) is 54.6 Å². The lowest BCUT2D eigenvalue weighted by molar-refractivity contribution is -0.135. The maximum atomic E-state index is 13.5. The lowest BCUT2D eigenvalue weighted by atomic mass is 9.94. The van der Waals surface area contributed by atoms with Gasteiger partial charge in [-0.3, -0.25) is 4.79 Å². The number of para-hydroxylation sites is 1. The summed E-state index contributed by atoms with van der Waals surface area (Å²) in [5.41, 5.74) is 2.91. The number of aromatic nitrogens is 4. The molecule has 1 aliphatic heterocycles. The van der Waals surface area contributed by atoms with Gasteiger partial charge in [-0.05, 0) is 43.9 Å². The summed E-state index contributed by atoms with van der Waals surface area (Å²) in [7, 11) is 0. The maximum Gasteiger partial charge on any atom is 0.230 e. The van der Waals surface area contributed by atoms with Gasteiger partial charge in [-0.15, -0.1) is 10.2 Å². The third kappa shape index (κ3) is 3.50. The lowest BCUT2D eigenvalue weighted by Crippen LogP contribution is -2.55. The fourth-order valence-corrected chi connectivity index (χ4v) is 5.31. The number of rotatable bonds is 5. The number of anilines is 1. The smallest absolute Gasteiger partial charge is 0.230 e. The van der Waals surface area contributed by atoms with Crippen LogP contribution in [0.1, 0.15) is 56.3 Å². The van der Waals surface area contributed by atoms with E-state index in [1.807, 2.05) is 36.4 Å². The van der Waals surface area contributed by atoms with Crippen molar-refractivity contribution >= 4 is 28.4 Å². The van der Waals surface area contributed by atoms with Crippen LogP contribution in [0.3, 0.4) is 0 Å². The van der Waals surface area contributed by atoms with Gasteiger partial charge in [-0.2, -0.15) is 0 Å². The number of hydrogen-bond donors (Lipinski definition) is 0. The number of amides is 1. The summed E-state index contributed by atoms with van der Waals surface area (Å²) in [5, 5.41) is 10.2. The molecule has 4 aromatic rings. The van der Waals surface area contributed by atoms with Crippen LogP contribution in [0, 0.1) is 0 Å². The van der Waals surface area contributed by atoms with Crippen molar-refractivity contribution in [1.82, 2.24) is 24.5 Å². The number of carbonyl (C=O) groups excluding carboxylic acids is 1. The summed E-state index contributed by atoms with van der Waals surface area (Å²) >= 11 is 0. The van der Waals surface area contributed by atoms with Gasteiger partial charge in [0.15, 0.2) is 5.65 Å². The predicted molar refractivity (Wildman–Crippen MR) is 133 cm³/mol. The van der Waals surface area contributed by atoms with Crippen LogP contribution >= 0.6 is 0 Å². The van der Waals surface area contributed by atoms with Gasteiger partial charge in [-0.1, -0.05) is 49.4 Å². The normalized spacial score (nSPS) is 19.6. The van der Waals surface area contributed by atoms with Crippen molar-refractivity contribution < 1.29 is 4.79 Å². The van der Waals surface area contributed by atoms with Crippen LogP contribution < -0.4 is 4.90 Å². The minimum Gasteiger partial charge on any atom is -0.338 e. The number of piperazine rings is 1. The van der Waals surface area contributed by atoms with Crippen LogP contribution in [0.4, 0.5) is 5.95 Å². The molecule has 0 radical (unpaired) electrons. The SMILES string of the molecule is CCC(C(=O)N1CCN(c2nc3ccccc3c3nnc(C4CC4)n23)CC1C)c1ccccc1. The number of hydrogen-bond acceptors (Lipinski definition) is 5. The van der Waals surface area contributed by atoms with Gasteiger partial charge >= 0.3 is 0 Å². The largest absolute Gasteiger partial charge is 0.338 e. The summed E-state index contributed by atoms with van der Waals surface area (Å²) in [5.74, 6) is 2.51. The molecule has 2 atom stereocenters. The highest BCUT2D eigenvalue weighted by molar-refractivity contribution is 5.92. The fourth-order valence-electron chi connectivity index (χ4n) is 5.31. The van der Waals surface area contributed by atoms with E-state index in [1.165, 1.54) is 0 Å². The first-order valence-corrected chi connectivity index (χ1v) is 12.4. The second-order valence-electron chi connectivity index (χ2n) is 9.62. The molecule has 6 rings (SSSR count). The third-order valence-electron chi connectivity index (χ3n) is 7.30. The third-order valence-corrected chi connectivity index (χ3v) is 7.30. The van der Waals surface area contributed by atoms with Gasteiger partial charge < -0.3 is 9.80 Å². The monoisotopic (exact) mass is 454 g/mol. The van der Waals surface area contributed by atoms with E-state index in [-0.39, 0.29) is 17.9 Å². The Morgan fingerprint density at radius 3 is 2.53 bits per heavy atom. The molecular weight excluding hydrogens is 424 g/mol. The Morgan fingerprint density at radius 1 is 1.03 bits per heavy atom. The average Bonchev–Trinajstić information content (AvgIpc) is 3.62. The van der Waals surface area contributed by atoms with Gasteiger partial charge in [-0.25, -0.2) is 9.38 Å². The average molecular weight is 455 g/mol. The van der Waals surface area contributed by atoms with Crippen molar-refractivity contribution in [3.8, 4) is 0 Å². The molecule has 3 heterocycles. The van der Waals surface area contributed by atoms with Gasteiger partial charge in [0.05, 0.1) is 11.4 Å². The van der Waals surface area contributed by atoms with Crippen LogP contribution in [-0.2, 0) is 4.79 Å². The van der Waals surface area contributed by atoms with Crippen molar-refractivity contribution in [1.29, 1.82) is 0 Å². The van der Waals surface area contributed by atoms with E-state index < -0.39 is 0 Å². The molecule has 2 aromatic heterocycles. The highest BCUT2D eigenvalue weighted by Gasteiger charge is 2.35. The van der Waals surface area contributed by atoms with Gasteiger partial charge in [0.1, 0.15) is 5.82 Å². The zero-order chi connectivity index (χ0) is 23.2. The number of fused-ring (bicyclic) bond motifs is 3. The van der Waals surface area contributed by atoms with E-state index in [9.17, 15) is 4.79 Å². The Hall–Kier alpha value is -3.48. The Balaban J connectivity index is 1.32. The van der Waals surface area contributed by atoms with Crippen molar-refractivity contribution in [2.24, 2.45) is 0 Å². The molecule has 1 saturated heterocycles. The lowest BCUT2D eigenvalue weighted by Gasteiger charge is -2.41. The Bertz CT molecular complexity index is 1350. The molecule has 2 fully saturated rings. The Kier molecular flexibility index (Phi) is 5.20. The summed E-state index contributed by atoms with van der Waals surface area (Å²) in [4.78, 5) is 23.0. The predicted octanol–water partition coefficient (Wildman–Crippen LogP) is 4.39. The van der Waals surface area contributed by atoms with E-state index in [0.29, 0.717) is 12.5 Å². The van der Waals surface area contributed by atoms with Crippen molar-refractivity contribution in [3.05, 3.63) is 66.0 Å². The van der Waals surface area contributed by atoms with Crippen LogP contribution in [0.25, 0.3) is 16.6 Å². The summed E-state index contributed by atoms with van der Waals surface area (Å²) in [6, 6.07) is 18.4. The maximum absolute atomic E-state index is 13.5. The van der Waals surface area contributed by atoms with E-state index >= 15 is 0 Å². The van der Waals surface area contributed by atoms with E-state index in [4.69, 9.17) is 4.98 Å². The topological polar surface area (TPSA) is 66.6 Å². The van der Waals surface area contributed by atoms with Crippen molar-refractivity contribution in [3.63, 3.8) is 0 Å².